The minimum atomic E-state index is 0.878. The maximum absolute atomic E-state index is 4.65. The van der Waals surface area contributed by atoms with Crippen LogP contribution in [0.1, 0.15) is 6.92 Å². The molecule has 17 heavy (non-hydrogen) atoms. The van der Waals surface area contributed by atoms with Crippen molar-refractivity contribution in [3.8, 4) is 0 Å². The monoisotopic (exact) mass is 287 g/mol. The molecule has 0 aliphatic carbocycles. The van der Waals surface area contributed by atoms with Crippen LogP contribution >= 0.6 is 15.9 Å². The second-order valence-corrected chi connectivity index (χ2v) is 4.91. The normalized spacial score (nSPS) is 11.2. The van der Waals surface area contributed by atoms with Crippen molar-refractivity contribution in [1.82, 2.24) is 5.10 Å². The Morgan fingerprint density at radius 1 is 1.12 bits per heavy atom. The zero-order valence-corrected chi connectivity index (χ0v) is 11.1. The molecule has 0 N–H and O–H groups in total. The summed E-state index contributed by atoms with van der Waals surface area (Å²) in [6.07, 6.45) is 0. The van der Waals surface area contributed by atoms with Crippen molar-refractivity contribution in [2.75, 3.05) is 0 Å². The molecule has 3 aromatic rings. The Balaban J connectivity index is 2.56. The van der Waals surface area contributed by atoms with Gasteiger partial charge in [0, 0.05) is 21.0 Å². The zero-order chi connectivity index (χ0) is 11.8. The number of hydrogen-bond acceptors (Lipinski definition) is 1. The van der Waals surface area contributed by atoms with Crippen LogP contribution < -0.4 is 4.68 Å². The number of aryl methyl sites for hydroxylation is 1. The van der Waals surface area contributed by atoms with Crippen molar-refractivity contribution in [1.29, 1.82) is 0 Å². The Labute approximate surface area is 108 Å². The molecule has 0 aliphatic rings. The number of nitrogens with zero attached hydrogens (tertiary/aromatic N) is 2. The van der Waals surface area contributed by atoms with Gasteiger partial charge in [0.1, 0.15) is 5.52 Å². The van der Waals surface area contributed by atoms with Crippen molar-refractivity contribution < 1.29 is 4.68 Å². The fraction of sp³-hybridized carbons (Fsp3) is 0.143. The topological polar surface area (TPSA) is 16.8 Å². The molecular weight excluding hydrogens is 276 g/mol. The van der Waals surface area contributed by atoms with Crippen LogP contribution in [-0.4, -0.2) is 5.10 Å². The maximum Gasteiger partial charge on any atom is 0.239 e. The van der Waals surface area contributed by atoms with Gasteiger partial charge in [0.25, 0.3) is 0 Å². The van der Waals surface area contributed by atoms with Gasteiger partial charge in [-0.1, -0.05) is 38.8 Å². The van der Waals surface area contributed by atoms with Crippen LogP contribution in [0.15, 0.2) is 46.9 Å². The highest BCUT2D eigenvalue weighted by molar-refractivity contribution is 9.10. The molecular formula is C14H12BrN2+. The molecule has 0 aliphatic heterocycles. The highest BCUT2D eigenvalue weighted by Crippen LogP contribution is 2.24. The van der Waals surface area contributed by atoms with Gasteiger partial charge in [0.15, 0.2) is 6.54 Å². The molecule has 0 bridgehead atoms. The van der Waals surface area contributed by atoms with Crippen LogP contribution in [-0.2, 0) is 6.54 Å². The van der Waals surface area contributed by atoms with E-state index in [1.165, 1.54) is 16.3 Å². The van der Waals surface area contributed by atoms with E-state index in [9.17, 15) is 0 Å². The van der Waals surface area contributed by atoms with E-state index in [0.717, 1.165) is 16.5 Å². The van der Waals surface area contributed by atoms with E-state index >= 15 is 0 Å². The molecule has 0 unspecified atom stereocenters. The molecule has 1 aromatic heterocycles. The predicted octanol–water partition coefficient (Wildman–Crippen LogP) is 3.46. The summed E-state index contributed by atoms with van der Waals surface area (Å²) in [6.45, 7) is 2.99. The highest BCUT2D eigenvalue weighted by atomic mass is 79.9. The van der Waals surface area contributed by atoms with Crippen LogP contribution in [0.5, 0.6) is 0 Å². The molecule has 3 heteroatoms. The van der Waals surface area contributed by atoms with Crippen LogP contribution in [0.25, 0.3) is 21.8 Å². The minimum absolute atomic E-state index is 0.878. The fourth-order valence-electron chi connectivity index (χ4n) is 2.16. The van der Waals surface area contributed by atoms with Gasteiger partial charge in [-0.05, 0) is 25.1 Å². The van der Waals surface area contributed by atoms with Crippen molar-refractivity contribution in [2.24, 2.45) is 0 Å². The second-order valence-electron chi connectivity index (χ2n) is 3.99. The summed E-state index contributed by atoms with van der Waals surface area (Å²) in [7, 11) is 0. The van der Waals surface area contributed by atoms with Gasteiger partial charge < -0.3 is 0 Å². The quantitative estimate of drug-likeness (QED) is 0.495. The van der Waals surface area contributed by atoms with Crippen LogP contribution in [0.4, 0.5) is 0 Å². The van der Waals surface area contributed by atoms with E-state index in [4.69, 9.17) is 0 Å². The highest BCUT2D eigenvalue weighted by Gasteiger charge is 2.13. The average molecular weight is 288 g/mol. The Bertz CT molecular complexity index is 707. The Kier molecular flexibility index (Phi) is 2.56. The van der Waals surface area contributed by atoms with Gasteiger partial charge in [-0.25, -0.2) is 0 Å². The first-order valence-corrected chi connectivity index (χ1v) is 6.47. The summed E-state index contributed by atoms with van der Waals surface area (Å²) in [5.74, 6) is 0. The number of fused-ring (bicyclic) bond motifs is 3. The third kappa shape index (κ3) is 1.71. The summed E-state index contributed by atoms with van der Waals surface area (Å²) in [5.41, 5.74) is 2.22. The number of aromatic nitrogens is 2. The van der Waals surface area contributed by atoms with Gasteiger partial charge in [0.2, 0.25) is 5.52 Å². The molecule has 1 heterocycles. The molecule has 0 spiro atoms. The number of benzene rings is 2. The first kappa shape index (κ1) is 10.7. The maximum atomic E-state index is 4.65. The summed E-state index contributed by atoms with van der Waals surface area (Å²) >= 11 is 3.53. The van der Waals surface area contributed by atoms with E-state index in [1.807, 2.05) is 10.7 Å². The zero-order valence-electron chi connectivity index (χ0n) is 9.52. The lowest BCUT2D eigenvalue weighted by Crippen LogP contribution is -2.37. The molecule has 2 nitrogen and oxygen atoms in total. The van der Waals surface area contributed by atoms with E-state index in [-0.39, 0.29) is 0 Å². The summed E-state index contributed by atoms with van der Waals surface area (Å²) in [6, 6.07) is 14.6. The van der Waals surface area contributed by atoms with Crippen LogP contribution in [0.2, 0.25) is 0 Å². The van der Waals surface area contributed by atoms with Crippen molar-refractivity contribution in [2.45, 2.75) is 13.5 Å². The largest absolute Gasteiger partial charge is 0.239 e. The first-order chi connectivity index (χ1) is 8.29. The molecule has 84 valence electrons. The summed E-state index contributed by atoms with van der Waals surface area (Å²) < 4.78 is 3.15. The minimum Gasteiger partial charge on any atom is -0.0834 e. The van der Waals surface area contributed by atoms with Gasteiger partial charge in [-0.3, -0.25) is 0 Å². The molecule has 0 amide bonds. The standard InChI is InChI=1S/C14H12BrN2/c1-2-17-14-8-7-10(15)9-12(14)11-5-3-4-6-13(11)16-17/h3-9H,2H2,1H3/q+1. The second kappa shape index (κ2) is 4.08. The van der Waals surface area contributed by atoms with Gasteiger partial charge in [-0.2, -0.15) is 0 Å². The molecule has 0 saturated carbocycles. The predicted molar refractivity (Wildman–Crippen MR) is 72.8 cm³/mol. The van der Waals surface area contributed by atoms with E-state index in [2.05, 4.69) is 64.4 Å². The SMILES string of the molecule is CC[n+]1nc2ccccc2c2cc(Br)ccc21. The summed E-state index contributed by atoms with van der Waals surface area (Å²) in [4.78, 5) is 0. The molecule has 0 fully saturated rings. The number of rotatable bonds is 1. The number of halogens is 1. The molecule has 0 saturated heterocycles. The van der Waals surface area contributed by atoms with Crippen molar-refractivity contribution >= 4 is 37.7 Å². The lowest BCUT2D eigenvalue weighted by Gasteiger charge is -2.02. The Morgan fingerprint density at radius 2 is 1.94 bits per heavy atom. The molecule has 0 radical (unpaired) electrons. The fourth-order valence-corrected chi connectivity index (χ4v) is 2.52. The van der Waals surface area contributed by atoms with E-state index in [0.29, 0.717) is 0 Å². The molecule has 3 rings (SSSR count). The summed E-state index contributed by atoms with van der Waals surface area (Å²) in [5, 5.41) is 7.10. The Morgan fingerprint density at radius 3 is 2.76 bits per heavy atom. The lowest BCUT2D eigenvalue weighted by atomic mass is 10.1. The van der Waals surface area contributed by atoms with Crippen LogP contribution in [0, 0.1) is 0 Å². The van der Waals surface area contributed by atoms with Gasteiger partial charge in [-0.15, -0.1) is 0 Å². The number of hydrogen-bond donors (Lipinski definition) is 0. The molecule has 2 aromatic carbocycles. The van der Waals surface area contributed by atoms with Gasteiger partial charge >= 0.3 is 0 Å². The first-order valence-electron chi connectivity index (χ1n) is 5.67. The van der Waals surface area contributed by atoms with Gasteiger partial charge in [0.05, 0.1) is 5.39 Å². The smallest absolute Gasteiger partial charge is 0.0834 e. The Hall–Kier alpha value is -1.48. The van der Waals surface area contributed by atoms with E-state index in [1.54, 1.807) is 0 Å². The third-order valence-corrected chi connectivity index (χ3v) is 3.45. The average Bonchev–Trinajstić information content (AvgIpc) is 2.37. The van der Waals surface area contributed by atoms with Crippen LogP contribution in [0.3, 0.4) is 0 Å². The molecule has 0 atom stereocenters. The van der Waals surface area contributed by atoms with E-state index < -0.39 is 0 Å². The lowest BCUT2D eigenvalue weighted by molar-refractivity contribution is -0.724. The van der Waals surface area contributed by atoms with Crippen molar-refractivity contribution in [3.05, 3.63) is 46.9 Å². The van der Waals surface area contributed by atoms with Crippen molar-refractivity contribution in [3.63, 3.8) is 0 Å². The third-order valence-electron chi connectivity index (χ3n) is 2.96.